The highest BCUT2D eigenvalue weighted by Gasteiger charge is 2.48. The van der Waals surface area contributed by atoms with Gasteiger partial charge in [-0.15, -0.1) is 0 Å². The van der Waals surface area contributed by atoms with Crippen molar-refractivity contribution >= 4 is 6.47 Å². The molecular weight excluding hydrogens is 248 g/mol. The Morgan fingerprint density at radius 1 is 1.05 bits per heavy atom. The minimum Gasteiger partial charge on any atom is -0.450 e. The van der Waals surface area contributed by atoms with E-state index in [1.54, 1.807) is 0 Å². The van der Waals surface area contributed by atoms with E-state index in [0.717, 1.165) is 6.42 Å². The quantitative estimate of drug-likeness (QED) is 0.602. The Bertz CT molecular complexity index is 283. The highest BCUT2D eigenvalue weighted by molar-refractivity contribution is 5.40. The van der Waals surface area contributed by atoms with Crippen molar-refractivity contribution in [3.05, 3.63) is 0 Å². The fourth-order valence-corrected chi connectivity index (χ4v) is 4.69. The zero-order valence-corrected chi connectivity index (χ0v) is 13.2. The van der Waals surface area contributed by atoms with Crippen molar-refractivity contribution in [2.75, 3.05) is 0 Å². The van der Waals surface area contributed by atoms with Crippen LogP contribution in [0.25, 0.3) is 0 Å². The van der Waals surface area contributed by atoms with E-state index < -0.39 is 0 Å². The summed E-state index contributed by atoms with van der Waals surface area (Å²) in [6, 6.07) is 0. The smallest absolute Gasteiger partial charge is 0.418 e. The van der Waals surface area contributed by atoms with Crippen molar-refractivity contribution in [3.63, 3.8) is 0 Å². The lowest BCUT2D eigenvalue weighted by Gasteiger charge is -2.48. The van der Waals surface area contributed by atoms with Crippen LogP contribution in [0.5, 0.6) is 0 Å². The van der Waals surface area contributed by atoms with E-state index >= 15 is 0 Å². The molecule has 0 aromatic heterocycles. The topological polar surface area (TPSA) is 26.3 Å². The number of carbonyl (C=O) groups excluding carboxylic acids is 1. The SMILES string of the molecule is CCCCCC1CCCCC1(O[C]=O)C1CCCCC1. The van der Waals surface area contributed by atoms with Crippen LogP contribution in [0.4, 0.5) is 0 Å². The van der Waals surface area contributed by atoms with Gasteiger partial charge < -0.3 is 4.74 Å². The van der Waals surface area contributed by atoms with Crippen molar-refractivity contribution in [2.45, 2.75) is 96.0 Å². The Morgan fingerprint density at radius 3 is 2.50 bits per heavy atom. The molecule has 0 bridgehead atoms. The number of unbranched alkanes of at least 4 members (excludes halogenated alkanes) is 2. The lowest BCUT2D eigenvalue weighted by molar-refractivity contribution is -0.0964. The normalized spacial score (nSPS) is 31.9. The van der Waals surface area contributed by atoms with E-state index in [1.807, 2.05) is 6.47 Å². The summed E-state index contributed by atoms with van der Waals surface area (Å²) in [7, 11) is 0. The largest absolute Gasteiger partial charge is 0.450 e. The first-order valence-electron chi connectivity index (χ1n) is 8.88. The van der Waals surface area contributed by atoms with E-state index in [-0.39, 0.29) is 5.60 Å². The van der Waals surface area contributed by atoms with E-state index in [0.29, 0.717) is 11.8 Å². The Balaban J connectivity index is 2.09. The van der Waals surface area contributed by atoms with Gasteiger partial charge in [0.1, 0.15) is 5.60 Å². The highest BCUT2D eigenvalue weighted by Crippen LogP contribution is 2.48. The first-order chi connectivity index (χ1) is 9.83. The predicted octanol–water partition coefficient (Wildman–Crippen LogP) is 5.16. The third-order valence-electron chi connectivity index (χ3n) is 5.75. The molecule has 2 nitrogen and oxygen atoms in total. The van der Waals surface area contributed by atoms with Crippen LogP contribution in [0.15, 0.2) is 0 Å². The second-order valence-corrected chi connectivity index (χ2v) is 6.91. The molecule has 2 saturated carbocycles. The van der Waals surface area contributed by atoms with Gasteiger partial charge in [-0.2, -0.15) is 0 Å². The Kier molecular flexibility index (Phi) is 6.38. The summed E-state index contributed by atoms with van der Waals surface area (Å²) in [5.74, 6) is 1.19. The molecule has 0 aromatic rings. The van der Waals surface area contributed by atoms with Gasteiger partial charge in [0.05, 0.1) is 0 Å². The molecule has 2 heteroatoms. The Labute approximate surface area is 124 Å². The van der Waals surface area contributed by atoms with Gasteiger partial charge in [-0.3, -0.25) is 0 Å². The summed E-state index contributed by atoms with van der Waals surface area (Å²) in [6.07, 6.45) is 16.5. The molecule has 2 aliphatic carbocycles. The summed E-state index contributed by atoms with van der Waals surface area (Å²) in [6.45, 7) is 4.10. The van der Waals surface area contributed by atoms with Crippen molar-refractivity contribution in [1.82, 2.24) is 0 Å². The van der Waals surface area contributed by atoms with Gasteiger partial charge in [0, 0.05) is 0 Å². The molecule has 1 radical (unpaired) electrons. The molecule has 0 heterocycles. The second-order valence-electron chi connectivity index (χ2n) is 6.91. The number of ether oxygens (including phenoxy) is 1. The summed E-state index contributed by atoms with van der Waals surface area (Å²) in [5, 5.41) is 0. The zero-order chi connectivity index (χ0) is 14.3. The molecule has 2 aliphatic rings. The van der Waals surface area contributed by atoms with Crippen LogP contribution in [0, 0.1) is 11.8 Å². The van der Waals surface area contributed by atoms with Gasteiger partial charge in [-0.1, -0.05) is 51.9 Å². The molecule has 115 valence electrons. The molecule has 0 aliphatic heterocycles. The van der Waals surface area contributed by atoms with Crippen LogP contribution in [-0.2, 0) is 9.53 Å². The monoisotopic (exact) mass is 279 g/mol. The minimum atomic E-state index is -0.159. The van der Waals surface area contributed by atoms with E-state index in [4.69, 9.17) is 4.74 Å². The zero-order valence-electron chi connectivity index (χ0n) is 13.2. The van der Waals surface area contributed by atoms with Crippen molar-refractivity contribution in [3.8, 4) is 0 Å². The van der Waals surface area contributed by atoms with Crippen LogP contribution in [-0.4, -0.2) is 12.1 Å². The Morgan fingerprint density at radius 2 is 1.80 bits per heavy atom. The minimum absolute atomic E-state index is 0.159. The molecule has 2 unspecified atom stereocenters. The van der Waals surface area contributed by atoms with Crippen LogP contribution >= 0.6 is 0 Å². The van der Waals surface area contributed by atoms with E-state index in [1.165, 1.54) is 77.0 Å². The molecular formula is C18H31O2. The lowest BCUT2D eigenvalue weighted by Crippen LogP contribution is -2.50. The molecule has 0 spiro atoms. The van der Waals surface area contributed by atoms with Gasteiger partial charge in [0.25, 0.3) is 0 Å². The van der Waals surface area contributed by atoms with Crippen LogP contribution in [0.3, 0.4) is 0 Å². The van der Waals surface area contributed by atoms with E-state index in [9.17, 15) is 4.79 Å². The van der Waals surface area contributed by atoms with Crippen LogP contribution in [0.2, 0.25) is 0 Å². The van der Waals surface area contributed by atoms with Gasteiger partial charge in [0.15, 0.2) is 0 Å². The van der Waals surface area contributed by atoms with Gasteiger partial charge >= 0.3 is 6.47 Å². The average Bonchev–Trinajstić information content (AvgIpc) is 2.50. The first-order valence-corrected chi connectivity index (χ1v) is 8.88. The molecule has 0 amide bonds. The molecule has 2 fully saturated rings. The third kappa shape index (κ3) is 3.56. The summed E-state index contributed by atoms with van der Waals surface area (Å²) in [5.41, 5.74) is -0.159. The van der Waals surface area contributed by atoms with Crippen LogP contribution < -0.4 is 0 Å². The maximum Gasteiger partial charge on any atom is 0.418 e. The maximum absolute atomic E-state index is 11.0. The number of hydrogen-bond donors (Lipinski definition) is 0. The number of hydrogen-bond acceptors (Lipinski definition) is 2. The Hall–Kier alpha value is -0.530. The maximum atomic E-state index is 11.0. The summed E-state index contributed by atoms with van der Waals surface area (Å²) >= 11 is 0. The van der Waals surface area contributed by atoms with Crippen molar-refractivity contribution < 1.29 is 9.53 Å². The third-order valence-corrected chi connectivity index (χ3v) is 5.75. The average molecular weight is 279 g/mol. The summed E-state index contributed by atoms with van der Waals surface area (Å²) in [4.78, 5) is 11.0. The predicted molar refractivity (Wildman–Crippen MR) is 82.2 cm³/mol. The van der Waals surface area contributed by atoms with Crippen molar-refractivity contribution in [1.29, 1.82) is 0 Å². The highest BCUT2D eigenvalue weighted by atomic mass is 16.5. The first kappa shape index (κ1) is 15.9. The van der Waals surface area contributed by atoms with Crippen molar-refractivity contribution in [2.24, 2.45) is 11.8 Å². The standard InChI is InChI=1S/C18H31O2/c1-2-3-5-10-16-13-8-9-14-18(16,20-15-19)17-11-6-4-7-12-17/h16-17H,2-14H2,1H3. The molecule has 0 saturated heterocycles. The van der Waals surface area contributed by atoms with E-state index in [2.05, 4.69) is 6.92 Å². The second kappa shape index (κ2) is 8.05. The van der Waals surface area contributed by atoms with Gasteiger partial charge in [-0.25, -0.2) is 4.79 Å². The molecule has 0 aromatic carbocycles. The molecule has 2 rings (SSSR count). The fourth-order valence-electron chi connectivity index (χ4n) is 4.69. The molecule has 2 atom stereocenters. The summed E-state index contributed by atoms with van der Waals surface area (Å²) < 4.78 is 5.75. The van der Waals surface area contributed by atoms with Gasteiger partial charge in [-0.05, 0) is 50.4 Å². The molecule has 0 N–H and O–H groups in total. The van der Waals surface area contributed by atoms with Crippen LogP contribution in [0.1, 0.15) is 90.4 Å². The fraction of sp³-hybridized carbons (Fsp3) is 0.944. The number of rotatable bonds is 7. The van der Waals surface area contributed by atoms with Gasteiger partial charge in [0.2, 0.25) is 0 Å². The molecule has 20 heavy (non-hydrogen) atoms. The lowest BCUT2D eigenvalue weighted by atomic mass is 9.63.